The van der Waals surface area contributed by atoms with Gasteiger partial charge in [0.1, 0.15) is 0 Å². The van der Waals surface area contributed by atoms with Gasteiger partial charge in [-0.05, 0) is 43.7 Å². The van der Waals surface area contributed by atoms with E-state index < -0.39 is 28.8 Å². The van der Waals surface area contributed by atoms with Crippen LogP contribution >= 0.6 is 0 Å². The van der Waals surface area contributed by atoms with Gasteiger partial charge in [-0.1, -0.05) is 12.1 Å². The van der Waals surface area contributed by atoms with Gasteiger partial charge >= 0.3 is 6.18 Å². The van der Waals surface area contributed by atoms with E-state index in [0.717, 1.165) is 6.07 Å². The quantitative estimate of drug-likeness (QED) is 0.705. The number of aromatic hydroxyl groups is 2. The summed E-state index contributed by atoms with van der Waals surface area (Å²) in [6, 6.07) is 8.85. The molecule has 0 saturated heterocycles. The second kappa shape index (κ2) is 7.19. The molecule has 0 aliphatic rings. The lowest BCUT2D eigenvalue weighted by Gasteiger charge is -2.19. The van der Waals surface area contributed by atoms with Crippen LogP contribution in [-0.4, -0.2) is 16.1 Å². The average Bonchev–Trinajstić information content (AvgIpc) is 2.61. The second-order valence-electron chi connectivity index (χ2n) is 6.50. The highest BCUT2D eigenvalue weighted by Crippen LogP contribution is 2.34. The van der Waals surface area contributed by atoms with Crippen LogP contribution in [0.4, 0.5) is 13.2 Å². The number of alkyl halides is 3. The molecule has 8 heteroatoms. The highest BCUT2D eigenvalue weighted by Gasteiger charge is 2.34. The van der Waals surface area contributed by atoms with Crippen LogP contribution in [0.25, 0.3) is 0 Å². The third kappa shape index (κ3) is 4.50. The van der Waals surface area contributed by atoms with Gasteiger partial charge in [-0.15, -0.1) is 0 Å². The van der Waals surface area contributed by atoms with Crippen molar-refractivity contribution in [1.82, 2.24) is 5.32 Å². The molecule has 142 valence electrons. The summed E-state index contributed by atoms with van der Waals surface area (Å²) >= 11 is 0. The Hall–Kier alpha value is -3.21. The maximum atomic E-state index is 13.2. The Balaban J connectivity index is 2.36. The molecule has 0 spiro atoms. The maximum Gasteiger partial charge on any atom is 0.416 e. The topological polar surface area (TPSA) is 93.4 Å². The third-order valence-electron chi connectivity index (χ3n) is 4.06. The summed E-state index contributed by atoms with van der Waals surface area (Å²) in [5.74, 6) is -1.61. The molecule has 0 bridgehead atoms. The first-order valence-electron chi connectivity index (χ1n) is 7.88. The predicted molar refractivity (Wildman–Crippen MR) is 91.0 cm³/mol. The number of hydrogen-bond acceptors (Lipinski definition) is 4. The SMILES string of the molecule is CC(C)(C#N)c1cc(C(=O)NCc2cccc(O)c2O)cc(C(F)(F)F)c1. The molecule has 27 heavy (non-hydrogen) atoms. The molecule has 0 radical (unpaired) electrons. The molecule has 0 aromatic heterocycles. The predicted octanol–water partition coefficient (Wildman–Crippen LogP) is 3.85. The molecule has 0 saturated carbocycles. The van der Waals surface area contributed by atoms with Crippen molar-refractivity contribution >= 4 is 5.91 Å². The Kier molecular flexibility index (Phi) is 5.36. The van der Waals surface area contributed by atoms with Crippen LogP contribution in [0.15, 0.2) is 36.4 Å². The van der Waals surface area contributed by atoms with Gasteiger partial charge < -0.3 is 15.5 Å². The molecule has 2 aromatic rings. The van der Waals surface area contributed by atoms with Crippen LogP contribution in [0.1, 0.15) is 40.9 Å². The summed E-state index contributed by atoms with van der Waals surface area (Å²) in [5, 5.41) is 30.8. The largest absolute Gasteiger partial charge is 0.504 e. The number of halogens is 3. The lowest BCUT2D eigenvalue weighted by molar-refractivity contribution is -0.137. The normalized spacial score (nSPS) is 11.7. The smallest absolute Gasteiger partial charge is 0.416 e. The number of carbonyl (C=O) groups excluding carboxylic acids is 1. The molecule has 0 fully saturated rings. The van der Waals surface area contributed by atoms with Gasteiger partial charge in [-0.3, -0.25) is 4.79 Å². The van der Waals surface area contributed by atoms with Crippen molar-refractivity contribution in [2.24, 2.45) is 0 Å². The number of nitriles is 1. The number of amides is 1. The van der Waals surface area contributed by atoms with Gasteiger partial charge in [-0.25, -0.2) is 0 Å². The number of nitrogens with one attached hydrogen (secondary N) is 1. The zero-order chi connectivity index (χ0) is 20.4. The number of phenols is 2. The molecule has 1 amide bonds. The number of hydrogen-bond donors (Lipinski definition) is 3. The van der Waals surface area contributed by atoms with Crippen LogP contribution in [0.5, 0.6) is 11.5 Å². The number of para-hydroxylation sites is 1. The molecule has 2 rings (SSSR count). The van der Waals surface area contributed by atoms with E-state index in [1.54, 1.807) is 0 Å². The molecule has 0 unspecified atom stereocenters. The van der Waals surface area contributed by atoms with Crippen molar-refractivity contribution in [1.29, 1.82) is 5.26 Å². The first kappa shape index (κ1) is 20.1. The van der Waals surface area contributed by atoms with Crippen molar-refractivity contribution in [2.45, 2.75) is 32.0 Å². The molecule has 0 atom stereocenters. The van der Waals surface area contributed by atoms with Crippen molar-refractivity contribution in [2.75, 3.05) is 0 Å². The summed E-state index contributed by atoms with van der Waals surface area (Å²) in [4.78, 5) is 12.4. The fourth-order valence-electron chi connectivity index (χ4n) is 2.35. The zero-order valence-corrected chi connectivity index (χ0v) is 14.6. The lowest BCUT2D eigenvalue weighted by atomic mass is 9.84. The number of rotatable bonds is 4. The van der Waals surface area contributed by atoms with Crippen molar-refractivity contribution in [3.8, 4) is 17.6 Å². The van der Waals surface area contributed by atoms with E-state index in [4.69, 9.17) is 0 Å². The zero-order valence-electron chi connectivity index (χ0n) is 14.6. The van der Waals surface area contributed by atoms with Crippen LogP contribution in [0, 0.1) is 11.3 Å². The Morgan fingerprint density at radius 3 is 2.37 bits per heavy atom. The minimum Gasteiger partial charge on any atom is -0.504 e. The summed E-state index contributed by atoms with van der Waals surface area (Å²) in [7, 11) is 0. The fraction of sp³-hybridized carbons (Fsp3) is 0.263. The van der Waals surface area contributed by atoms with Gasteiger partial charge in [0.25, 0.3) is 5.91 Å². The van der Waals surface area contributed by atoms with Gasteiger partial charge in [-0.2, -0.15) is 18.4 Å². The lowest BCUT2D eigenvalue weighted by Crippen LogP contribution is -2.25. The van der Waals surface area contributed by atoms with Crippen molar-refractivity contribution in [3.05, 3.63) is 58.7 Å². The van der Waals surface area contributed by atoms with Gasteiger partial charge in [0, 0.05) is 17.7 Å². The first-order chi connectivity index (χ1) is 12.5. The maximum absolute atomic E-state index is 13.2. The van der Waals surface area contributed by atoms with Crippen LogP contribution < -0.4 is 5.32 Å². The summed E-state index contributed by atoms with van der Waals surface area (Å²) in [6.07, 6.45) is -4.68. The van der Waals surface area contributed by atoms with E-state index in [-0.39, 0.29) is 29.0 Å². The molecule has 0 aliphatic heterocycles. The first-order valence-corrected chi connectivity index (χ1v) is 7.88. The highest BCUT2D eigenvalue weighted by molar-refractivity contribution is 5.94. The fourth-order valence-corrected chi connectivity index (χ4v) is 2.35. The molecule has 2 aromatic carbocycles. The van der Waals surface area contributed by atoms with Gasteiger partial charge in [0.05, 0.1) is 17.0 Å². The molecular formula is C19H17F3N2O3. The highest BCUT2D eigenvalue weighted by atomic mass is 19.4. The van der Waals surface area contributed by atoms with Crippen LogP contribution in [0.2, 0.25) is 0 Å². The minimum atomic E-state index is -4.68. The van der Waals surface area contributed by atoms with E-state index in [0.29, 0.717) is 6.07 Å². The van der Waals surface area contributed by atoms with Crippen molar-refractivity contribution in [3.63, 3.8) is 0 Å². The summed E-state index contributed by atoms with van der Waals surface area (Å²) in [6.45, 7) is 2.70. The summed E-state index contributed by atoms with van der Waals surface area (Å²) < 4.78 is 39.5. The number of benzene rings is 2. The Morgan fingerprint density at radius 1 is 1.15 bits per heavy atom. The Morgan fingerprint density at radius 2 is 1.78 bits per heavy atom. The van der Waals surface area contributed by atoms with Gasteiger partial charge in [0.2, 0.25) is 0 Å². The van der Waals surface area contributed by atoms with E-state index in [1.807, 2.05) is 6.07 Å². The van der Waals surface area contributed by atoms with E-state index in [2.05, 4.69) is 5.32 Å². The molecule has 0 aliphatic carbocycles. The third-order valence-corrected chi connectivity index (χ3v) is 4.06. The number of nitrogens with zero attached hydrogens (tertiary/aromatic N) is 1. The Bertz CT molecular complexity index is 915. The number of phenolic OH excluding ortho intramolecular Hbond substituents is 2. The Labute approximate surface area is 153 Å². The minimum absolute atomic E-state index is 0.0603. The molecule has 0 heterocycles. The molecule has 5 nitrogen and oxygen atoms in total. The molecule has 3 N–H and O–H groups in total. The van der Waals surface area contributed by atoms with Crippen molar-refractivity contribution < 1.29 is 28.2 Å². The van der Waals surface area contributed by atoms with E-state index in [1.165, 1.54) is 38.1 Å². The van der Waals surface area contributed by atoms with Crippen LogP contribution in [0.3, 0.4) is 0 Å². The monoisotopic (exact) mass is 378 g/mol. The standard InChI is InChI=1S/C19H17F3N2O3/c1-18(2,10-23)13-6-12(7-14(8-13)19(20,21)22)17(27)24-9-11-4-3-5-15(25)16(11)26/h3-8,25-26H,9H2,1-2H3,(H,24,27). The summed E-state index contributed by atoms with van der Waals surface area (Å²) in [5.41, 5.74) is -2.26. The second-order valence-corrected chi connectivity index (χ2v) is 6.50. The number of carbonyl (C=O) groups is 1. The van der Waals surface area contributed by atoms with Gasteiger partial charge in [0.15, 0.2) is 11.5 Å². The molecular weight excluding hydrogens is 361 g/mol. The van der Waals surface area contributed by atoms with E-state index in [9.17, 15) is 33.4 Å². The van der Waals surface area contributed by atoms with E-state index >= 15 is 0 Å². The van der Waals surface area contributed by atoms with Crippen LogP contribution in [-0.2, 0) is 18.1 Å². The average molecular weight is 378 g/mol.